The Morgan fingerprint density at radius 1 is 1.45 bits per heavy atom. The average molecular weight is 273 g/mol. The Morgan fingerprint density at radius 2 is 2.25 bits per heavy atom. The van der Waals surface area contributed by atoms with E-state index in [4.69, 9.17) is 0 Å². The van der Waals surface area contributed by atoms with E-state index >= 15 is 0 Å². The lowest BCUT2D eigenvalue weighted by atomic mass is 9.77. The van der Waals surface area contributed by atoms with Crippen LogP contribution in [0.4, 0.5) is 0 Å². The summed E-state index contributed by atoms with van der Waals surface area (Å²) >= 11 is 0. The van der Waals surface area contributed by atoms with Crippen molar-refractivity contribution in [3.63, 3.8) is 0 Å². The van der Waals surface area contributed by atoms with Crippen LogP contribution in [0.3, 0.4) is 0 Å². The van der Waals surface area contributed by atoms with Gasteiger partial charge in [-0.15, -0.1) is 0 Å². The second kappa shape index (κ2) is 4.72. The predicted octanol–water partition coefficient (Wildman–Crippen LogP) is 0.791. The molecule has 0 atom stereocenters. The molecule has 0 aromatic carbocycles. The number of carboxylic acid groups (broad SMARTS) is 1. The molecule has 104 valence electrons. The average Bonchev–Trinajstić information content (AvgIpc) is 2.37. The number of rotatable bonds is 4. The lowest BCUT2D eigenvalue weighted by Crippen LogP contribution is -2.56. The van der Waals surface area contributed by atoms with Gasteiger partial charge in [0.05, 0.1) is 5.69 Å². The van der Waals surface area contributed by atoms with Crippen molar-refractivity contribution >= 4 is 11.6 Å². The lowest BCUT2D eigenvalue weighted by Gasteiger charge is -2.38. The first kappa shape index (κ1) is 12.8. The van der Waals surface area contributed by atoms with Gasteiger partial charge in [-0.25, -0.2) is 4.98 Å². The summed E-state index contributed by atoms with van der Waals surface area (Å²) in [5, 5.41) is 12.3. The number of nitrogens with zero attached hydrogens (tertiary/aromatic N) is 2. The standard InChI is InChI=1S/C14H15N3O3/c18-12-8-10(16-11-4-1-2-7-17(11)12)9-15-14(13(19)20)5-3-6-14/h1-2,4,7-8,15H,3,5-6,9H2,(H,19,20). The Hall–Kier alpha value is -2.21. The lowest BCUT2D eigenvalue weighted by molar-refractivity contribution is -0.148. The number of hydrogen-bond acceptors (Lipinski definition) is 4. The van der Waals surface area contributed by atoms with Crippen molar-refractivity contribution in [3.8, 4) is 0 Å². The summed E-state index contributed by atoms with van der Waals surface area (Å²) in [7, 11) is 0. The van der Waals surface area contributed by atoms with Gasteiger partial charge in [-0.05, 0) is 31.4 Å². The fourth-order valence-corrected chi connectivity index (χ4v) is 2.45. The number of pyridine rings is 1. The van der Waals surface area contributed by atoms with E-state index in [0.717, 1.165) is 6.42 Å². The van der Waals surface area contributed by atoms with Crippen LogP contribution in [0.5, 0.6) is 0 Å². The molecule has 3 rings (SSSR count). The van der Waals surface area contributed by atoms with Crippen molar-refractivity contribution in [2.24, 2.45) is 0 Å². The summed E-state index contributed by atoms with van der Waals surface area (Å²) in [5.41, 5.74) is 0.123. The quantitative estimate of drug-likeness (QED) is 0.860. The summed E-state index contributed by atoms with van der Waals surface area (Å²) < 4.78 is 1.46. The van der Waals surface area contributed by atoms with Crippen LogP contribution in [0.1, 0.15) is 25.0 Å². The Labute approximate surface area is 115 Å². The van der Waals surface area contributed by atoms with Crippen LogP contribution in [0.25, 0.3) is 5.65 Å². The molecule has 1 saturated carbocycles. The van der Waals surface area contributed by atoms with Crippen LogP contribution < -0.4 is 10.9 Å². The molecular formula is C14H15N3O3. The van der Waals surface area contributed by atoms with Gasteiger partial charge in [0.2, 0.25) is 0 Å². The number of aliphatic carboxylic acids is 1. The molecule has 0 radical (unpaired) electrons. The Bertz CT molecular complexity index is 719. The second-order valence-electron chi connectivity index (χ2n) is 5.11. The normalized spacial score (nSPS) is 16.8. The van der Waals surface area contributed by atoms with E-state index in [1.807, 2.05) is 6.07 Å². The van der Waals surface area contributed by atoms with E-state index in [0.29, 0.717) is 24.2 Å². The van der Waals surface area contributed by atoms with Gasteiger partial charge in [0.1, 0.15) is 11.2 Å². The Kier molecular flexibility index (Phi) is 3.02. The highest BCUT2D eigenvalue weighted by Gasteiger charge is 2.43. The first-order chi connectivity index (χ1) is 9.61. The molecule has 0 unspecified atom stereocenters. The van der Waals surface area contributed by atoms with Gasteiger partial charge < -0.3 is 5.11 Å². The molecule has 20 heavy (non-hydrogen) atoms. The zero-order chi connectivity index (χ0) is 14.2. The summed E-state index contributed by atoms with van der Waals surface area (Å²) in [4.78, 5) is 27.5. The van der Waals surface area contributed by atoms with Crippen LogP contribution in [0.15, 0.2) is 35.3 Å². The van der Waals surface area contributed by atoms with Crippen molar-refractivity contribution in [1.82, 2.24) is 14.7 Å². The molecular weight excluding hydrogens is 258 g/mol. The molecule has 6 heteroatoms. The van der Waals surface area contributed by atoms with E-state index in [1.165, 1.54) is 10.5 Å². The molecule has 2 heterocycles. The summed E-state index contributed by atoms with van der Waals surface area (Å²) in [6.45, 7) is 0.285. The molecule has 2 aromatic heterocycles. The van der Waals surface area contributed by atoms with E-state index in [2.05, 4.69) is 10.3 Å². The molecule has 1 fully saturated rings. The maximum atomic E-state index is 11.9. The van der Waals surface area contributed by atoms with Crippen LogP contribution in [-0.4, -0.2) is 26.0 Å². The third kappa shape index (κ3) is 2.08. The third-order valence-corrected chi connectivity index (χ3v) is 3.85. The minimum Gasteiger partial charge on any atom is -0.480 e. The van der Waals surface area contributed by atoms with E-state index in [1.54, 1.807) is 18.3 Å². The van der Waals surface area contributed by atoms with Crippen LogP contribution in [0.2, 0.25) is 0 Å². The maximum absolute atomic E-state index is 11.9. The highest BCUT2D eigenvalue weighted by molar-refractivity contribution is 5.79. The number of aromatic nitrogens is 2. The van der Waals surface area contributed by atoms with Crippen LogP contribution in [-0.2, 0) is 11.3 Å². The maximum Gasteiger partial charge on any atom is 0.323 e. The van der Waals surface area contributed by atoms with Crippen molar-refractivity contribution < 1.29 is 9.90 Å². The number of fused-ring (bicyclic) bond motifs is 1. The monoisotopic (exact) mass is 273 g/mol. The number of carboxylic acids is 1. The van der Waals surface area contributed by atoms with Gasteiger partial charge in [0.15, 0.2) is 0 Å². The van der Waals surface area contributed by atoms with E-state index in [-0.39, 0.29) is 12.1 Å². The van der Waals surface area contributed by atoms with Crippen molar-refractivity contribution in [2.45, 2.75) is 31.3 Å². The van der Waals surface area contributed by atoms with Gasteiger partial charge in [-0.3, -0.25) is 19.3 Å². The van der Waals surface area contributed by atoms with Crippen LogP contribution in [0, 0.1) is 0 Å². The molecule has 0 amide bonds. The largest absolute Gasteiger partial charge is 0.480 e. The fourth-order valence-electron chi connectivity index (χ4n) is 2.45. The molecule has 0 bridgehead atoms. The van der Waals surface area contributed by atoms with Crippen molar-refractivity contribution in [2.75, 3.05) is 0 Å². The summed E-state index contributed by atoms with van der Waals surface area (Å²) in [6.07, 6.45) is 3.81. The third-order valence-electron chi connectivity index (χ3n) is 3.85. The minimum atomic E-state index is -0.844. The van der Waals surface area contributed by atoms with Gasteiger partial charge in [0, 0.05) is 18.8 Å². The SMILES string of the molecule is O=C(O)C1(NCc2cc(=O)n3ccccc3n2)CCC1. The first-order valence-corrected chi connectivity index (χ1v) is 6.56. The summed E-state index contributed by atoms with van der Waals surface area (Å²) in [5.74, 6) is -0.832. The van der Waals surface area contributed by atoms with E-state index in [9.17, 15) is 14.7 Å². The highest BCUT2D eigenvalue weighted by atomic mass is 16.4. The first-order valence-electron chi connectivity index (χ1n) is 6.56. The molecule has 0 saturated heterocycles. The topological polar surface area (TPSA) is 83.7 Å². The van der Waals surface area contributed by atoms with E-state index < -0.39 is 11.5 Å². The minimum absolute atomic E-state index is 0.162. The number of hydrogen-bond donors (Lipinski definition) is 2. The van der Waals surface area contributed by atoms with Crippen molar-refractivity contribution in [1.29, 1.82) is 0 Å². The zero-order valence-electron chi connectivity index (χ0n) is 10.9. The Morgan fingerprint density at radius 3 is 2.90 bits per heavy atom. The van der Waals surface area contributed by atoms with Gasteiger partial charge in [-0.1, -0.05) is 6.07 Å². The predicted molar refractivity (Wildman–Crippen MR) is 72.5 cm³/mol. The molecule has 1 aliphatic carbocycles. The molecule has 0 aliphatic heterocycles. The second-order valence-corrected chi connectivity index (χ2v) is 5.11. The van der Waals surface area contributed by atoms with Gasteiger partial charge >= 0.3 is 5.97 Å². The highest BCUT2D eigenvalue weighted by Crippen LogP contribution is 2.32. The fraction of sp³-hybridized carbons (Fsp3) is 0.357. The smallest absolute Gasteiger partial charge is 0.323 e. The molecule has 6 nitrogen and oxygen atoms in total. The number of nitrogens with one attached hydrogen (secondary N) is 1. The molecule has 0 spiro atoms. The number of carbonyl (C=O) groups is 1. The molecule has 2 N–H and O–H groups in total. The van der Waals surface area contributed by atoms with Gasteiger partial charge in [0.25, 0.3) is 5.56 Å². The van der Waals surface area contributed by atoms with Gasteiger partial charge in [-0.2, -0.15) is 0 Å². The van der Waals surface area contributed by atoms with Crippen LogP contribution >= 0.6 is 0 Å². The molecule has 2 aromatic rings. The zero-order valence-corrected chi connectivity index (χ0v) is 10.9. The summed E-state index contributed by atoms with van der Waals surface area (Å²) in [6, 6.07) is 6.76. The van der Waals surface area contributed by atoms with Crippen molar-refractivity contribution in [3.05, 3.63) is 46.5 Å². The Balaban J connectivity index is 1.85. The molecule has 1 aliphatic rings.